The fraction of sp³-hybridized carbons (Fsp3) is 0.667. The second kappa shape index (κ2) is 3.07. The van der Waals surface area contributed by atoms with Gasteiger partial charge in [-0.15, -0.1) is 0 Å². The number of hydrogen-bond acceptors (Lipinski definition) is 2. The molecule has 1 aliphatic carbocycles. The minimum absolute atomic E-state index is 0.146. The zero-order valence-electron chi connectivity index (χ0n) is 7.31. The van der Waals surface area contributed by atoms with E-state index in [1.807, 2.05) is 13.8 Å². The lowest BCUT2D eigenvalue weighted by atomic mass is 10.2. The van der Waals surface area contributed by atoms with E-state index in [1.165, 1.54) is 0 Å². The van der Waals surface area contributed by atoms with Crippen LogP contribution in [0.2, 0.25) is 0 Å². The molecule has 0 heterocycles. The zero-order chi connectivity index (χ0) is 8.43. The smallest absolute Gasteiger partial charge is 0.333 e. The van der Waals surface area contributed by atoms with Gasteiger partial charge in [0.1, 0.15) is 6.10 Å². The Morgan fingerprint density at radius 1 is 1.27 bits per heavy atom. The first kappa shape index (κ1) is 8.31. The number of carbonyl (C=O) groups excluding carboxylic acids is 1. The molecule has 0 atom stereocenters. The molecular weight excluding hydrogens is 140 g/mol. The molecule has 0 radical (unpaired) electrons. The summed E-state index contributed by atoms with van der Waals surface area (Å²) in [5.41, 5.74) is 1.78. The van der Waals surface area contributed by atoms with Crippen molar-refractivity contribution in [1.82, 2.24) is 0 Å². The Kier molecular flexibility index (Phi) is 2.32. The van der Waals surface area contributed by atoms with Crippen molar-refractivity contribution in [2.75, 3.05) is 0 Å². The lowest BCUT2D eigenvalue weighted by Crippen LogP contribution is -2.08. The first-order valence-corrected chi connectivity index (χ1v) is 3.96. The zero-order valence-corrected chi connectivity index (χ0v) is 7.31. The molecule has 0 amide bonds. The molecule has 0 spiro atoms. The van der Waals surface area contributed by atoms with Crippen LogP contribution in [0.4, 0.5) is 0 Å². The van der Waals surface area contributed by atoms with Crippen LogP contribution in [0, 0.1) is 0 Å². The molecule has 0 N–H and O–H groups in total. The Labute approximate surface area is 67.2 Å². The van der Waals surface area contributed by atoms with Crippen molar-refractivity contribution in [1.29, 1.82) is 0 Å². The highest BCUT2D eigenvalue weighted by Crippen LogP contribution is 2.24. The van der Waals surface area contributed by atoms with Gasteiger partial charge >= 0.3 is 5.97 Å². The van der Waals surface area contributed by atoms with Gasteiger partial charge in [0.05, 0.1) is 0 Å². The van der Waals surface area contributed by atoms with E-state index in [0.29, 0.717) is 0 Å². The molecule has 2 nitrogen and oxygen atoms in total. The quantitative estimate of drug-likeness (QED) is 0.449. The van der Waals surface area contributed by atoms with Gasteiger partial charge in [-0.3, -0.25) is 0 Å². The number of allylic oxidation sites excluding steroid dienone is 1. The summed E-state index contributed by atoms with van der Waals surface area (Å²) in [4.78, 5) is 11.2. The Bertz CT molecular complexity index is 196. The summed E-state index contributed by atoms with van der Waals surface area (Å²) in [6.07, 6.45) is 2.31. The maximum Gasteiger partial charge on any atom is 0.333 e. The SMILES string of the molecule is CC(C)=C(C)C(=O)OC1CC1. The van der Waals surface area contributed by atoms with E-state index < -0.39 is 0 Å². The van der Waals surface area contributed by atoms with E-state index in [4.69, 9.17) is 4.74 Å². The number of esters is 1. The number of rotatable bonds is 2. The Balaban J connectivity index is 2.45. The van der Waals surface area contributed by atoms with Crippen molar-refractivity contribution in [3.05, 3.63) is 11.1 Å². The third kappa shape index (κ3) is 2.37. The van der Waals surface area contributed by atoms with Gasteiger partial charge in [0.15, 0.2) is 0 Å². The van der Waals surface area contributed by atoms with Crippen molar-refractivity contribution in [3.63, 3.8) is 0 Å². The predicted octanol–water partition coefficient (Wildman–Crippen LogP) is 2.05. The molecule has 0 aromatic heterocycles. The van der Waals surface area contributed by atoms with Crippen molar-refractivity contribution < 1.29 is 9.53 Å². The topological polar surface area (TPSA) is 26.3 Å². The van der Waals surface area contributed by atoms with Crippen molar-refractivity contribution in [2.45, 2.75) is 39.7 Å². The third-order valence-corrected chi connectivity index (χ3v) is 1.85. The van der Waals surface area contributed by atoms with Crippen LogP contribution < -0.4 is 0 Å². The predicted molar refractivity (Wildman–Crippen MR) is 43.2 cm³/mol. The minimum atomic E-state index is -0.146. The molecule has 2 heteroatoms. The van der Waals surface area contributed by atoms with Crippen molar-refractivity contribution in [2.24, 2.45) is 0 Å². The highest BCUT2D eigenvalue weighted by molar-refractivity contribution is 5.88. The summed E-state index contributed by atoms with van der Waals surface area (Å²) < 4.78 is 5.09. The lowest BCUT2D eigenvalue weighted by molar-refractivity contribution is -0.140. The largest absolute Gasteiger partial charge is 0.459 e. The average Bonchev–Trinajstić information content (AvgIpc) is 2.69. The summed E-state index contributed by atoms with van der Waals surface area (Å²) >= 11 is 0. The fourth-order valence-corrected chi connectivity index (χ4v) is 0.630. The van der Waals surface area contributed by atoms with Crippen LogP contribution in [-0.2, 0) is 9.53 Å². The van der Waals surface area contributed by atoms with Crippen LogP contribution in [-0.4, -0.2) is 12.1 Å². The van der Waals surface area contributed by atoms with E-state index in [2.05, 4.69) is 0 Å². The minimum Gasteiger partial charge on any atom is -0.459 e. The summed E-state index contributed by atoms with van der Waals surface area (Å²) in [6, 6.07) is 0. The maximum atomic E-state index is 11.2. The Hall–Kier alpha value is -0.790. The molecule has 0 aliphatic heterocycles. The summed E-state index contributed by atoms with van der Waals surface area (Å²) in [6.45, 7) is 5.65. The molecule has 11 heavy (non-hydrogen) atoms. The standard InChI is InChI=1S/C9H14O2/c1-6(2)7(3)9(10)11-8-4-5-8/h8H,4-5H2,1-3H3. The second-order valence-electron chi connectivity index (χ2n) is 3.23. The molecule has 62 valence electrons. The van der Waals surface area contributed by atoms with Gasteiger partial charge in [0.2, 0.25) is 0 Å². The van der Waals surface area contributed by atoms with Gasteiger partial charge < -0.3 is 4.74 Å². The van der Waals surface area contributed by atoms with Crippen molar-refractivity contribution >= 4 is 5.97 Å². The molecule has 0 unspecified atom stereocenters. The molecule has 1 fully saturated rings. The van der Waals surface area contributed by atoms with Crippen LogP contribution in [0.3, 0.4) is 0 Å². The Morgan fingerprint density at radius 3 is 2.18 bits per heavy atom. The van der Waals surface area contributed by atoms with Gasteiger partial charge in [-0.1, -0.05) is 5.57 Å². The number of carbonyl (C=O) groups is 1. The van der Waals surface area contributed by atoms with E-state index in [-0.39, 0.29) is 12.1 Å². The van der Waals surface area contributed by atoms with E-state index in [9.17, 15) is 4.79 Å². The highest BCUT2D eigenvalue weighted by atomic mass is 16.5. The number of ether oxygens (including phenoxy) is 1. The molecule has 0 aromatic carbocycles. The van der Waals surface area contributed by atoms with Gasteiger partial charge in [-0.2, -0.15) is 0 Å². The van der Waals surface area contributed by atoms with Crippen LogP contribution >= 0.6 is 0 Å². The monoisotopic (exact) mass is 154 g/mol. The first-order valence-electron chi connectivity index (χ1n) is 3.96. The normalized spacial score (nSPS) is 15.9. The Morgan fingerprint density at radius 2 is 1.82 bits per heavy atom. The molecular formula is C9H14O2. The van der Waals surface area contributed by atoms with Crippen LogP contribution in [0.5, 0.6) is 0 Å². The summed E-state index contributed by atoms with van der Waals surface area (Å²) in [5.74, 6) is -0.146. The highest BCUT2D eigenvalue weighted by Gasteiger charge is 2.26. The molecule has 1 aliphatic rings. The second-order valence-corrected chi connectivity index (χ2v) is 3.23. The average molecular weight is 154 g/mol. The van der Waals surface area contributed by atoms with Gasteiger partial charge in [0, 0.05) is 5.57 Å². The summed E-state index contributed by atoms with van der Waals surface area (Å²) in [5, 5.41) is 0. The summed E-state index contributed by atoms with van der Waals surface area (Å²) in [7, 11) is 0. The first-order chi connectivity index (χ1) is 5.11. The van der Waals surface area contributed by atoms with Gasteiger partial charge in [0.25, 0.3) is 0 Å². The van der Waals surface area contributed by atoms with Crippen LogP contribution in [0.1, 0.15) is 33.6 Å². The molecule has 1 saturated carbocycles. The fourth-order valence-electron chi connectivity index (χ4n) is 0.630. The van der Waals surface area contributed by atoms with E-state index in [0.717, 1.165) is 24.0 Å². The van der Waals surface area contributed by atoms with E-state index in [1.54, 1.807) is 6.92 Å². The van der Waals surface area contributed by atoms with E-state index >= 15 is 0 Å². The van der Waals surface area contributed by atoms with Crippen LogP contribution in [0.15, 0.2) is 11.1 Å². The molecule has 0 aromatic rings. The molecule has 0 saturated heterocycles. The lowest BCUT2D eigenvalue weighted by Gasteiger charge is -2.03. The van der Waals surface area contributed by atoms with Crippen molar-refractivity contribution in [3.8, 4) is 0 Å². The van der Waals surface area contributed by atoms with Gasteiger partial charge in [-0.25, -0.2) is 4.79 Å². The van der Waals surface area contributed by atoms with Gasteiger partial charge in [-0.05, 0) is 33.6 Å². The maximum absolute atomic E-state index is 11.2. The number of hydrogen-bond donors (Lipinski definition) is 0. The van der Waals surface area contributed by atoms with Crippen LogP contribution in [0.25, 0.3) is 0 Å². The third-order valence-electron chi connectivity index (χ3n) is 1.85. The molecule has 0 bridgehead atoms. The molecule has 1 rings (SSSR count).